The lowest BCUT2D eigenvalue weighted by Crippen LogP contribution is -2.29. The predicted octanol–water partition coefficient (Wildman–Crippen LogP) is 3.93. The van der Waals surface area contributed by atoms with E-state index in [-0.39, 0.29) is 0 Å². The summed E-state index contributed by atoms with van der Waals surface area (Å²) in [4.78, 5) is 16.3. The van der Waals surface area contributed by atoms with Gasteiger partial charge in [0.05, 0.1) is 0 Å². The molecule has 0 unspecified atom stereocenters. The highest BCUT2D eigenvalue weighted by Gasteiger charge is 2.17. The van der Waals surface area contributed by atoms with Crippen LogP contribution < -0.4 is 4.90 Å². The van der Waals surface area contributed by atoms with E-state index < -0.39 is 0 Å². The number of aromatic nitrogens is 3. The summed E-state index contributed by atoms with van der Waals surface area (Å²) in [5.74, 6) is 1.83. The lowest BCUT2D eigenvalue weighted by Gasteiger charge is -2.27. The number of hydrogen-bond donors (Lipinski definition) is 0. The summed E-state index contributed by atoms with van der Waals surface area (Å²) in [5, 5.41) is 0. The van der Waals surface area contributed by atoms with Crippen molar-refractivity contribution in [3.63, 3.8) is 0 Å². The van der Waals surface area contributed by atoms with Gasteiger partial charge in [0.15, 0.2) is 5.82 Å². The van der Waals surface area contributed by atoms with Crippen LogP contribution in [0.4, 0.5) is 5.82 Å². The fraction of sp³-hybridized carbons (Fsp3) is 0.500. The molecule has 1 aliphatic heterocycles. The van der Waals surface area contributed by atoms with Crippen LogP contribution in [0.5, 0.6) is 0 Å². The molecule has 0 amide bonds. The SMILES string of the molecule is Cc1nc(-c2ccccn2)nc(N2CCCCCCC2)c1C. The molecular weight excluding hydrogens is 272 g/mol. The Kier molecular flexibility index (Phi) is 4.66. The van der Waals surface area contributed by atoms with Gasteiger partial charge < -0.3 is 4.90 Å². The molecule has 3 rings (SSSR count). The average molecular weight is 296 g/mol. The first-order valence-corrected chi connectivity index (χ1v) is 8.27. The Morgan fingerprint density at radius 2 is 1.64 bits per heavy atom. The molecule has 2 aromatic heterocycles. The van der Waals surface area contributed by atoms with Gasteiger partial charge in [0.1, 0.15) is 11.5 Å². The highest BCUT2D eigenvalue weighted by atomic mass is 15.2. The Balaban J connectivity index is 1.97. The van der Waals surface area contributed by atoms with Crippen LogP contribution in [0.3, 0.4) is 0 Å². The highest BCUT2D eigenvalue weighted by Crippen LogP contribution is 2.25. The van der Waals surface area contributed by atoms with Gasteiger partial charge in [0, 0.05) is 30.5 Å². The number of anilines is 1. The highest BCUT2D eigenvalue weighted by molar-refractivity contribution is 5.57. The molecule has 1 saturated heterocycles. The molecule has 116 valence electrons. The van der Waals surface area contributed by atoms with Crippen molar-refractivity contribution in [3.05, 3.63) is 35.7 Å². The second-order valence-corrected chi connectivity index (χ2v) is 6.05. The second kappa shape index (κ2) is 6.86. The molecule has 1 aliphatic rings. The van der Waals surface area contributed by atoms with Crippen LogP contribution in [0.15, 0.2) is 24.4 Å². The molecule has 4 nitrogen and oxygen atoms in total. The minimum absolute atomic E-state index is 0.737. The quantitative estimate of drug-likeness (QED) is 0.842. The number of hydrogen-bond acceptors (Lipinski definition) is 4. The van der Waals surface area contributed by atoms with Crippen molar-refractivity contribution in [1.29, 1.82) is 0 Å². The third kappa shape index (κ3) is 3.26. The molecule has 0 atom stereocenters. The van der Waals surface area contributed by atoms with Gasteiger partial charge in [0.2, 0.25) is 0 Å². The second-order valence-electron chi connectivity index (χ2n) is 6.05. The average Bonchev–Trinajstić information content (AvgIpc) is 2.51. The van der Waals surface area contributed by atoms with Crippen molar-refractivity contribution < 1.29 is 0 Å². The predicted molar refractivity (Wildman–Crippen MR) is 90.0 cm³/mol. The monoisotopic (exact) mass is 296 g/mol. The normalized spacial score (nSPS) is 16.2. The smallest absolute Gasteiger partial charge is 0.180 e. The fourth-order valence-electron chi connectivity index (χ4n) is 2.99. The summed E-state index contributed by atoms with van der Waals surface area (Å²) in [6, 6.07) is 5.88. The van der Waals surface area contributed by atoms with Crippen LogP contribution in [-0.4, -0.2) is 28.0 Å². The third-order valence-electron chi connectivity index (χ3n) is 4.41. The summed E-state index contributed by atoms with van der Waals surface area (Å²) in [6.07, 6.45) is 8.32. The zero-order valence-corrected chi connectivity index (χ0v) is 13.5. The maximum Gasteiger partial charge on any atom is 0.180 e. The first-order chi connectivity index (χ1) is 10.8. The molecule has 2 aromatic rings. The van der Waals surface area contributed by atoms with E-state index in [2.05, 4.69) is 28.7 Å². The molecular formula is C18H24N4. The van der Waals surface area contributed by atoms with Crippen molar-refractivity contribution in [2.45, 2.75) is 46.0 Å². The molecule has 4 heteroatoms. The largest absolute Gasteiger partial charge is 0.356 e. The van der Waals surface area contributed by atoms with E-state index in [1.54, 1.807) is 6.20 Å². The Labute approximate surface area is 132 Å². The molecule has 0 saturated carbocycles. The zero-order valence-electron chi connectivity index (χ0n) is 13.5. The number of pyridine rings is 1. The summed E-state index contributed by atoms with van der Waals surface area (Å²) in [5.41, 5.74) is 3.09. The maximum atomic E-state index is 4.85. The standard InChI is InChI=1S/C18H24N4/c1-14-15(2)20-17(16-10-6-7-11-19-16)21-18(14)22-12-8-4-3-5-9-13-22/h6-7,10-11H,3-5,8-9,12-13H2,1-2H3. The molecule has 1 fully saturated rings. The van der Waals surface area contributed by atoms with Crippen LogP contribution in [0, 0.1) is 13.8 Å². The molecule has 22 heavy (non-hydrogen) atoms. The van der Waals surface area contributed by atoms with E-state index in [9.17, 15) is 0 Å². The lowest BCUT2D eigenvalue weighted by atomic mass is 10.1. The third-order valence-corrected chi connectivity index (χ3v) is 4.41. The Morgan fingerprint density at radius 1 is 0.909 bits per heavy atom. The summed E-state index contributed by atoms with van der Waals surface area (Å²) < 4.78 is 0. The molecule has 0 bridgehead atoms. The molecule has 0 radical (unpaired) electrons. The van der Waals surface area contributed by atoms with Gasteiger partial charge in [-0.05, 0) is 38.8 Å². The van der Waals surface area contributed by atoms with Crippen molar-refractivity contribution >= 4 is 5.82 Å². The van der Waals surface area contributed by atoms with Crippen LogP contribution in [0.1, 0.15) is 43.4 Å². The van der Waals surface area contributed by atoms with Crippen molar-refractivity contribution in [3.8, 4) is 11.5 Å². The van der Waals surface area contributed by atoms with Gasteiger partial charge in [-0.3, -0.25) is 4.98 Å². The van der Waals surface area contributed by atoms with Gasteiger partial charge in [-0.15, -0.1) is 0 Å². The minimum Gasteiger partial charge on any atom is -0.356 e. The Morgan fingerprint density at radius 3 is 2.32 bits per heavy atom. The van der Waals surface area contributed by atoms with Gasteiger partial charge in [-0.2, -0.15) is 0 Å². The van der Waals surface area contributed by atoms with Crippen molar-refractivity contribution in [1.82, 2.24) is 15.0 Å². The minimum atomic E-state index is 0.737. The first-order valence-electron chi connectivity index (χ1n) is 8.27. The fourth-order valence-corrected chi connectivity index (χ4v) is 2.99. The van der Waals surface area contributed by atoms with Gasteiger partial charge in [0.25, 0.3) is 0 Å². The molecule has 3 heterocycles. The molecule has 0 aromatic carbocycles. The van der Waals surface area contributed by atoms with Gasteiger partial charge in [-0.25, -0.2) is 9.97 Å². The van der Waals surface area contributed by atoms with E-state index >= 15 is 0 Å². The van der Waals surface area contributed by atoms with Crippen LogP contribution in [0.25, 0.3) is 11.5 Å². The van der Waals surface area contributed by atoms with E-state index in [1.807, 2.05) is 18.2 Å². The summed E-state index contributed by atoms with van der Waals surface area (Å²) >= 11 is 0. The van der Waals surface area contributed by atoms with E-state index in [4.69, 9.17) is 4.98 Å². The molecule has 0 N–H and O–H groups in total. The summed E-state index contributed by atoms with van der Waals surface area (Å²) in [7, 11) is 0. The van der Waals surface area contributed by atoms with Gasteiger partial charge >= 0.3 is 0 Å². The zero-order chi connectivity index (χ0) is 15.4. The van der Waals surface area contributed by atoms with E-state index in [0.717, 1.165) is 36.1 Å². The number of aryl methyl sites for hydroxylation is 1. The van der Waals surface area contributed by atoms with Crippen LogP contribution in [0.2, 0.25) is 0 Å². The van der Waals surface area contributed by atoms with Crippen molar-refractivity contribution in [2.24, 2.45) is 0 Å². The van der Waals surface area contributed by atoms with E-state index in [1.165, 1.54) is 37.7 Å². The lowest BCUT2D eigenvalue weighted by molar-refractivity contribution is 0.553. The Hall–Kier alpha value is -1.97. The summed E-state index contributed by atoms with van der Waals surface area (Å²) in [6.45, 7) is 6.39. The first kappa shape index (κ1) is 14.9. The molecule has 0 spiro atoms. The van der Waals surface area contributed by atoms with Crippen LogP contribution in [-0.2, 0) is 0 Å². The maximum absolute atomic E-state index is 4.85. The van der Waals surface area contributed by atoms with Crippen LogP contribution >= 0.6 is 0 Å². The van der Waals surface area contributed by atoms with Gasteiger partial charge in [-0.1, -0.05) is 25.3 Å². The number of nitrogens with zero attached hydrogens (tertiary/aromatic N) is 4. The number of rotatable bonds is 2. The Bertz CT molecular complexity index is 616. The molecule has 0 aliphatic carbocycles. The topological polar surface area (TPSA) is 41.9 Å². The van der Waals surface area contributed by atoms with Crippen molar-refractivity contribution in [2.75, 3.05) is 18.0 Å². The van der Waals surface area contributed by atoms with E-state index in [0.29, 0.717) is 0 Å².